The Labute approximate surface area is 49.1 Å². The summed E-state index contributed by atoms with van der Waals surface area (Å²) in [6.45, 7) is 2.13. The molecule has 4 N–H and O–H groups in total. The van der Waals surface area contributed by atoms with E-state index in [1.165, 1.54) is 6.42 Å². The van der Waals surface area contributed by atoms with Crippen molar-refractivity contribution >= 4 is 11.6 Å². The molecule has 3 heteroatoms. The Morgan fingerprint density at radius 1 is 1.29 bits per heavy atom. The minimum Gasteiger partial charge on any atom is -0.412 e. The van der Waals surface area contributed by atoms with Crippen LogP contribution in [-0.4, -0.2) is 16.8 Å². The van der Waals surface area contributed by atoms with Gasteiger partial charge in [0.25, 0.3) is 0 Å². The second kappa shape index (κ2) is 16.4. The molecule has 0 aliphatic carbocycles. The lowest BCUT2D eigenvalue weighted by Gasteiger charge is -1.77. The van der Waals surface area contributed by atoms with Crippen LogP contribution in [0.2, 0.25) is 0 Å². The van der Waals surface area contributed by atoms with Crippen LogP contribution in [0.3, 0.4) is 0 Å². The van der Waals surface area contributed by atoms with Gasteiger partial charge in [-0.1, -0.05) is 13.3 Å². The molecule has 0 bridgehead atoms. The van der Waals surface area contributed by atoms with Crippen LogP contribution >= 0.6 is 11.6 Å². The lowest BCUT2D eigenvalue weighted by atomic mass is 10.4. The summed E-state index contributed by atoms with van der Waals surface area (Å²) in [5, 5.41) is 0. The number of hydrogen-bond acceptors (Lipinski definition) is 0. The third kappa shape index (κ3) is 22.5. The molecule has 7 heavy (non-hydrogen) atoms. The van der Waals surface area contributed by atoms with Crippen LogP contribution in [-0.2, 0) is 0 Å². The Kier molecular flexibility index (Phi) is 36.7. The van der Waals surface area contributed by atoms with Crippen LogP contribution in [0.4, 0.5) is 0 Å². The standard InChI is InChI=1S/C4H9Cl.2H2O/c1-2-3-4-5;;/h2-4H2,1H3;2*1H2. The minimum atomic E-state index is 0. The molecule has 0 spiro atoms. The largest absolute Gasteiger partial charge is 0.412 e. The van der Waals surface area contributed by atoms with Crippen LogP contribution in [0.1, 0.15) is 19.8 Å². The third-order valence-corrected chi connectivity index (χ3v) is 0.754. The van der Waals surface area contributed by atoms with Crippen LogP contribution in [0, 0.1) is 0 Å². The van der Waals surface area contributed by atoms with Crippen molar-refractivity contribution in [3.63, 3.8) is 0 Å². The van der Waals surface area contributed by atoms with Gasteiger partial charge in [-0.05, 0) is 6.42 Å². The monoisotopic (exact) mass is 128 g/mol. The van der Waals surface area contributed by atoms with Crippen molar-refractivity contribution < 1.29 is 11.0 Å². The van der Waals surface area contributed by atoms with E-state index >= 15 is 0 Å². The molecule has 48 valence electrons. The van der Waals surface area contributed by atoms with Gasteiger partial charge in [-0.25, -0.2) is 0 Å². The third-order valence-electron chi connectivity index (χ3n) is 0.487. The summed E-state index contributed by atoms with van der Waals surface area (Å²) in [5.74, 6) is 0.816. The zero-order chi connectivity index (χ0) is 4.12. The first kappa shape index (κ1) is 15.7. The van der Waals surface area contributed by atoms with E-state index in [9.17, 15) is 0 Å². The maximum Gasteiger partial charge on any atom is 0.0223 e. The van der Waals surface area contributed by atoms with Gasteiger partial charge >= 0.3 is 0 Å². The van der Waals surface area contributed by atoms with Crippen molar-refractivity contribution in [3.8, 4) is 0 Å². The number of unbranched alkanes of at least 4 members (excludes halogenated alkanes) is 1. The molecule has 0 atom stereocenters. The molecular weight excluding hydrogens is 115 g/mol. The van der Waals surface area contributed by atoms with Gasteiger partial charge in [0.05, 0.1) is 0 Å². The number of halogens is 1. The quantitative estimate of drug-likeness (QED) is 0.483. The van der Waals surface area contributed by atoms with E-state index in [4.69, 9.17) is 11.6 Å². The highest BCUT2D eigenvalue weighted by Gasteiger charge is 1.70. The van der Waals surface area contributed by atoms with E-state index in [1.807, 2.05) is 0 Å². The number of alkyl halides is 1. The zero-order valence-electron chi connectivity index (χ0n) is 4.50. The van der Waals surface area contributed by atoms with Crippen LogP contribution in [0.25, 0.3) is 0 Å². The van der Waals surface area contributed by atoms with E-state index in [1.54, 1.807) is 0 Å². The van der Waals surface area contributed by atoms with Crippen molar-refractivity contribution in [1.29, 1.82) is 0 Å². The normalized spacial score (nSPS) is 6.00. The fourth-order valence-electron chi connectivity index (χ4n) is 0.134. The summed E-state index contributed by atoms with van der Waals surface area (Å²) in [7, 11) is 0. The van der Waals surface area contributed by atoms with Crippen molar-refractivity contribution in [2.24, 2.45) is 0 Å². The van der Waals surface area contributed by atoms with Gasteiger partial charge in [0.1, 0.15) is 0 Å². The highest BCUT2D eigenvalue weighted by molar-refractivity contribution is 6.17. The highest BCUT2D eigenvalue weighted by Crippen LogP contribution is 1.86. The topological polar surface area (TPSA) is 63.0 Å². The van der Waals surface area contributed by atoms with E-state index in [0.29, 0.717) is 0 Å². The Morgan fingerprint density at radius 3 is 1.71 bits per heavy atom. The molecule has 0 rings (SSSR count). The smallest absolute Gasteiger partial charge is 0.0223 e. The SMILES string of the molecule is CCCCCl.O.O. The maximum atomic E-state index is 5.30. The molecule has 0 saturated heterocycles. The van der Waals surface area contributed by atoms with Gasteiger partial charge in [0.15, 0.2) is 0 Å². The Hall–Kier alpha value is 0.210. The van der Waals surface area contributed by atoms with Gasteiger partial charge < -0.3 is 11.0 Å². The molecule has 0 saturated carbocycles. The van der Waals surface area contributed by atoms with Crippen molar-refractivity contribution in [2.75, 3.05) is 5.88 Å². The molecule has 0 aromatic rings. The van der Waals surface area contributed by atoms with Crippen molar-refractivity contribution in [1.82, 2.24) is 0 Å². The first-order valence-electron chi connectivity index (χ1n) is 1.97. The van der Waals surface area contributed by atoms with Crippen molar-refractivity contribution in [2.45, 2.75) is 19.8 Å². The second-order valence-corrected chi connectivity index (χ2v) is 1.42. The van der Waals surface area contributed by atoms with Crippen LogP contribution in [0.15, 0.2) is 0 Å². The summed E-state index contributed by atoms with van der Waals surface area (Å²) in [5.41, 5.74) is 0. The molecule has 0 amide bonds. The van der Waals surface area contributed by atoms with E-state index in [-0.39, 0.29) is 11.0 Å². The molecule has 0 heterocycles. The lowest BCUT2D eigenvalue weighted by Crippen LogP contribution is -1.65. The molecule has 0 aliphatic heterocycles. The first-order chi connectivity index (χ1) is 2.41. The Balaban J connectivity index is -0.0000000800. The van der Waals surface area contributed by atoms with Gasteiger partial charge in [0.2, 0.25) is 0 Å². The summed E-state index contributed by atoms with van der Waals surface area (Å²) < 4.78 is 0. The predicted octanol–water partition coefficient (Wildman–Crippen LogP) is 0.376. The Morgan fingerprint density at radius 2 is 1.71 bits per heavy atom. The summed E-state index contributed by atoms with van der Waals surface area (Å²) in [6.07, 6.45) is 2.37. The van der Waals surface area contributed by atoms with Gasteiger partial charge in [-0.3, -0.25) is 0 Å². The second-order valence-electron chi connectivity index (χ2n) is 1.04. The molecule has 0 aliphatic rings. The molecule has 0 fully saturated rings. The van der Waals surface area contributed by atoms with Crippen molar-refractivity contribution in [3.05, 3.63) is 0 Å². The van der Waals surface area contributed by atoms with E-state index < -0.39 is 0 Å². The molecule has 0 unspecified atom stereocenters. The fourth-order valence-corrected chi connectivity index (χ4v) is 0.401. The van der Waals surface area contributed by atoms with Gasteiger partial charge in [-0.2, -0.15) is 0 Å². The lowest BCUT2D eigenvalue weighted by molar-refractivity contribution is 0.823. The van der Waals surface area contributed by atoms with Gasteiger partial charge in [0, 0.05) is 5.88 Å². The number of rotatable bonds is 2. The molecule has 0 radical (unpaired) electrons. The first-order valence-corrected chi connectivity index (χ1v) is 2.51. The van der Waals surface area contributed by atoms with Gasteiger partial charge in [-0.15, -0.1) is 11.6 Å². The van der Waals surface area contributed by atoms with Crippen LogP contribution < -0.4 is 0 Å². The molecule has 0 aromatic carbocycles. The zero-order valence-corrected chi connectivity index (χ0v) is 5.26. The predicted molar refractivity (Wildman–Crippen MR) is 32.9 cm³/mol. The average molecular weight is 129 g/mol. The van der Waals surface area contributed by atoms with E-state index in [0.717, 1.165) is 12.3 Å². The summed E-state index contributed by atoms with van der Waals surface area (Å²) in [6, 6.07) is 0. The fraction of sp³-hybridized carbons (Fsp3) is 1.00. The minimum absolute atomic E-state index is 0. The summed E-state index contributed by atoms with van der Waals surface area (Å²) in [4.78, 5) is 0. The summed E-state index contributed by atoms with van der Waals surface area (Å²) >= 11 is 5.30. The van der Waals surface area contributed by atoms with E-state index in [2.05, 4.69) is 6.92 Å². The molecule has 0 aromatic heterocycles. The highest BCUT2D eigenvalue weighted by atomic mass is 35.5. The average Bonchev–Trinajstić information content (AvgIpc) is 1.41. The molecular formula is C4H13ClO2. The number of hydrogen-bond donors (Lipinski definition) is 0. The maximum absolute atomic E-state index is 5.30. The Bertz CT molecular complexity index is 17.2. The van der Waals surface area contributed by atoms with Crippen LogP contribution in [0.5, 0.6) is 0 Å². The molecule has 2 nitrogen and oxygen atoms in total.